The van der Waals surface area contributed by atoms with E-state index in [1.54, 1.807) is 0 Å². The van der Waals surface area contributed by atoms with Crippen LogP contribution in [0.2, 0.25) is 0 Å². The summed E-state index contributed by atoms with van der Waals surface area (Å²) in [6.45, 7) is 3.06. The molecule has 0 bridgehead atoms. The molecule has 0 heterocycles. The molecule has 1 aromatic rings. The van der Waals surface area contributed by atoms with Gasteiger partial charge in [0.05, 0.1) is 12.7 Å². The fraction of sp³-hybridized carbons (Fsp3) is 0.647. The van der Waals surface area contributed by atoms with E-state index in [2.05, 4.69) is 6.92 Å². The van der Waals surface area contributed by atoms with E-state index in [-0.39, 0.29) is 0 Å². The van der Waals surface area contributed by atoms with Gasteiger partial charge >= 0.3 is 0 Å². The number of unbranched alkanes of at least 4 members (excludes halogenated alkanes) is 1. The second-order valence-corrected chi connectivity index (χ2v) is 5.55. The lowest BCUT2D eigenvalue weighted by Crippen LogP contribution is -2.44. The third-order valence-electron chi connectivity index (χ3n) is 4.24. The Morgan fingerprint density at radius 1 is 1.11 bits per heavy atom. The van der Waals surface area contributed by atoms with Crippen LogP contribution >= 0.6 is 0 Å². The zero-order valence-electron chi connectivity index (χ0n) is 12.2. The predicted molar refractivity (Wildman–Crippen MR) is 78.5 cm³/mol. The summed E-state index contributed by atoms with van der Waals surface area (Å²) in [6.07, 6.45) is 6.83. The van der Waals surface area contributed by atoms with Crippen LogP contribution in [0, 0.1) is 11.8 Å². The summed E-state index contributed by atoms with van der Waals surface area (Å²) in [5.74, 6) is 2.44. The normalized spacial score (nSPS) is 25.9. The van der Waals surface area contributed by atoms with Crippen molar-refractivity contribution < 1.29 is 9.47 Å². The minimum Gasteiger partial charge on any atom is -0.494 e. The van der Waals surface area contributed by atoms with E-state index in [0.29, 0.717) is 12.0 Å². The first kappa shape index (κ1) is 14.4. The quantitative estimate of drug-likeness (QED) is 0.695. The van der Waals surface area contributed by atoms with Gasteiger partial charge in [0.2, 0.25) is 0 Å². The maximum absolute atomic E-state index is 5.77. The molecule has 0 aliphatic heterocycles. The molecule has 1 aliphatic carbocycles. The number of benzene rings is 1. The second-order valence-electron chi connectivity index (χ2n) is 5.55. The Hall–Kier alpha value is -1.02. The molecule has 1 aliphatic rings. The Balaban J connectivity index is 1.67. The molecule has 0 spiro atoms. The average molecular weight is 262 g/mol. The summed E-state index contributed by atoms with van der Waals surface area (Å²) in [7, 11) is 1.85. The van der Waals surface area contributed by atoms with Crippen LogP contribution < -0.4 is 4.74 Å². The Morgan fingerprint density at radius 3 is 2.53 bits per heavy atom. The third kappa shape index (κ3) is 3.97. The lowest BCUT2D eigenvalue weighted by molar-refractivity contribution is -0.0816. The lowest BCUT2D eigenvalue weighted by Gasteiger charge is -2.44. The highest BCUT2D eigenvalue weighted by Crippen LogP contribution is 2.41. The predicted octanol–water partition coefficient (Wildman–Crippen LogP) is 4.30. The first-order valence-corrected chi connectivity index (χ1v) is 7.55. The van der Waals surface area contributed by atoms with E-state index < -0.39 is 0 Å². The van der Waals surface area contributed by atoms with Gasteiger partial charge in [-0.25, -0.2) is 0 Å². The van der Waals surface area contributed by atoms with Crippen LogP contribution in [-0.2, 0) is 4.74 Å². The van der Waals surface area contributed by atoms with Gasteiger partial charge in [-0.1, -0.05) is 38.0 Å². The molecule has 0 amide bonds. The Morgan fingerprint density at radius 2 is 1.84 bits per heavy atom. The molecule has 3 atom stereocenters. The van der Waals surface area contributed by atoms with Crippen molar-refractivity contribution in [1.29, 1.82) is 0 Å². The van der Waals surface area contributed by atoms with Gasteiger partial charge in [0.15, 0.2) is 0 Å². The van der Waals surface area contributed by atoms with Crippen molar-refractivity contribution in [2.75, 3.05) is 13.7 Å². The highest BCUT2D eigenvalue weighted by molar-refractivity contribution is 5.20. The Kier molecular flexibility index (Phi) is 5.71. The van der Waals surface area contributed by atoms with E-state index in [0.717, 1.165) is 24.7 Å². The number of ether oxygens (including phenoxy) is 2. The van der Waals surface area contributed by atoms with Crippen LogP contribution in [0.3, 0.4) is 0 Å². The topological polar surface area (TPSA) is 18.5 Å². The zero-order chi connectivity index (χ0) is 13.5. The van der Waals surface area contributed by atoms with Gasteiger partial charge in [-0.15, -0.1) is 0 Å². The fourth-order valence-corrected chi connectivity index (χ4v) is 3.11. The number of para-hydroxylation sites is 1. The zero-order valence-corrected chi connectivity index (χ0v) is 12.2. The van der Waals surface area contributed by atoms with Gasteiger partial charge in [-0.2, -0.15) is 0 Å². The van der Waals surface area contributed by atoms with E-state index >= 15 is 0 Å². The maximum Gasteiger partial charge on any atom is 0.119 e. The SMILES string of the molecule is CCCC[C@@H]1C[C@H](CCOc2ccccc2)[C@H]1OC. The highest BCUT2D eigenvalue weighted by Gasteiger charge is 2.40. The molecule has 1 fully saturated rings. The van der Waals surface area contributed by atoms with Crippen LogP contribution in [0.25, 0.3) is 0 Å². The van der Waals surface area contributed by atoms with Gasteiger partial charge in [0.1, 0.15) is 5.75 Å². The van der Waals surface area contributed by atoms with Crippen molar-refractivity contribution in [1.82, 2.24) is 0 Å². The molecule has 0 N–H and O–H groups in total. The van der Waals surface area contributed by atoms with Crippen molar-refractivity contribution in [3.8, 4) is 5.75 Å². The average Bonchev–Trinajstić information content (AvgIpc) is 2.42. The van der Waals surface area contributed by atoms with Gasteiger partial charge in [-0.3, -0.25) is 0 Å². The van der Waals surface area contributed by atoms with Crippen LogP contribution in [0.4, 0.5) is 0 Å². The summed E-state index contributed by atoms with van der Waals surface area (Å²) in [5, 5.41) is 0. The molecule has 0 saturated heterocycles. The van der Waals surface area contributed by atoms with Gasteiger partial charge in [-0.05, 0) is 43.2 Å². The van der Waals surface area contributed by atoms with E-state index in [4.69, 9.17) is 9.47 Å². The van der Waals surface area contributed by atoms with Crippen molar-refractivity contribution >= 4 is 0 Å². The summed E-state index contributed by atoms with van der Waals surface area (Å²) >= 11 is 0. The van der Waals surface area contributed by atoms with Gasteiger partial charge in [0.25, 0.3) is 0 Å². The lowest BCUT2D eigenvalue weighted by atomic mass is 9.68. The largest absolute Gasteiger partial charge is 0.494 e. The number of methoxy groups -OCH3 is 1. The molecule has 1 saturated carbocycles. The van der Waals surface area contributed by atoms with Crippen LogP contribution in [0.15, 0.2) is 30.3 Å². The number of hydrogen-bond acceptors (Lipinski definition) is 2. The van der Waals surface area contributed by atoms with Gasteiger partial charge < -0.3 is 9.47 Å². The fourth-order valence-electron chi connectivity index (χ4n) is 3.11. The molecule has 2 heteroatoms. The van der Waals surface area contributed by atoms with E-state index in [1.165, 1.54) is 25.7 Å². The molecule has 19 heavy (non-hydrogen) atoms. The third-order valence-corrected chi connectivity index (χ3v) is 4.24. The number of rotatable bonds is 8. The minimum absolute atomic E-state index is 0.464. The molecule has 0 unspecified atom stereocenters. The maximum atomic E-state index is 5.77. The molecular formula is C17H26O2. The summed E-state index contributed by atoms with van der Waals surface area (Å²) in [4.78, 5) is 0. The molecule has 2 rings (SSSR count). The van der Waals surface area contributed by atoms with Crippen molar-refractivity contribution in [3.63, 3.8) is 0 Å². The number of hydrogen-bond donors (Lipinski definition) is 0. The summed E-state index contributed by atoms with van der Waals surface area (Å²) in [6, 6.07) is 10.1. The van der Waals surface area contributed by atoms with Crippen molar-refractivity contribution in [2.24, 2.45) is 11.8 Å². The standard InChI is InChI=1S/C17H26O2/c1-3-4-8-14-13-15(17(14)18-2)11-12-19-16-9-6-5-7-10-16/h5-7,9-10,14-15,17H,3-4,8,11-13H2,1-2H3/t14-,15+,17+/m1/s1. The van der Waals surface area contributed by atoms with E-state index in [1.807, 2.05) is 37.4 Å². The van der Waals surface area contributed by atoms with Crippen LogP contribution in [0.1, 0.15) is 39.0 Å². The molecule has 2 nitrogen and oxygen atoms in total. The minimum atomic E-state index is 0.464. The van der Waals surface area contributed by atoms with Crippen molar-refractivity contribution in [3.05, 3.63) is 30.3 Å². The Labute approximate surface area is 117 Å². The first-order chi connectivity index (χ1) is 9.35. The van der Waals surface area contributed by atoms with Gasteiger partial charge in [0, 0.05) is 7.11 Å². The second kappa shape index (κ2) is 7.54. The first-order valence-electron chi connectivity index (χ1n) is 7.55. The Bertz CT molecular complexity index is 350. The van der Waals surface area contributed by atoms with Crippen molar-refractivity contribution in [2.45, 2.75) is 45.1 Å². The van der Waals surface area contributed by atoms with Crippen LogP contribution in [0.5, 0.6) is 5.75 Å². The molecular weight excluding hydrogens is 236 g/mol. The smallest absolute Gasteiger partial charge is 0.119 e. The molecule has 1 aromatic carbocycles. The molecule has 106 valence electrons. The van der Waals surface area contributed by atoms with Crippen LogP contribution in [-0.4, -0.2) is 19.8 Å². The molecule has 0 aromatic heterocycles. The van der Waals surface area contributed by atoms with E-state index in [9.17, 15) is 0 Å². The highest BCUT2D eigenvalue weighted by atomic mass is 16.5. The summed E-state index contributed by atoms with van der Waals surface area (Å²) < 4.78 is 11.4. The monoisotopic (exact) mass is 262 g/mol. The molecule has 0 radical (unpaired) electrons. The summed E-state index contributed by atoms with van der Waals surface area (Å²) in [5.41, 5.74) is 0.